The van der Waals surface area contributed by atoms with Crippen LogP contribution in [-0.4, -0.2) is 41.4 Å². The zero-order valence-electron chi connectivity index (χ0n) is 21.5. The summed E-state index contributed by atoms with van der Waals surface area (Å²) in [6.45, 7) is 1.31. The number of hydrogen-bond donors (Lipinski definition) is 0. The molecule has 9 heteroatoms. The first kappa shape index (κ1) is 25.3. The smallest absolute Gasteiger partial charge is 0.278 e. The van der Waals surface area contributed by atoms with E-state index >= 15 is 0 Å². The van der Waals surface area contributed by atoms with Crippen LogP contribution in [0.1, 0.15) is 38.8 Å². The maximum absolute atomic E-state index is 14.1. The highest BCUT2D eigenvalue weighted by Crippen LogP contribution is 2.46. The predicted molar refractivity (Wildman–Crippen MR) is 155 cm³/mol. The molecule has 1 aromatic heterocycles. The lowest BCUT2D eigenvalue weighted by atomic mass is 9.93. The summed E-state index contributed by atoms with van der Waals surface area (Å²) in [6, 6.07) is 25.0. The van der Waals surface area contributed by atoms with Crippen molar-refractivity contribution in [3.8, 4) is 5.75 Å². The van der Waals surface area contributed by atoms with E-state index in [1.807, 2.05) is 54.6 Å². The number of benzene rings is 3. The van der Waals surface area contributed by atoms with Gasteiger partial charge in [0.05, 0.1) is 13.2 Å². The van der Waals surface area contributed by atoms with Crippen LogP contribution in [0.15, 0.2) is 94.7 Å². The molecule has 4 aromatic rings. The molecule has 202 valence electrons. The van der Waals surface area contributed by atoms with Gasteiger partial charge in [0.25, 0.3) is 5.91 Å². The van der Waals surface area contributed by atoms with Crippen molar-refractivity contribution >= 4 is 29.3 Å². The number of morpholine rings is 1. The number of aromatic nitrogens is 1. The second-order valence-electron chi connectivity index (χ2n) is 9.95. The van der Waals surface area contributed by atoms with Gasteiger partial charge in [0.15, 0.2) is 11.4 Å². The molecule has 3 aliphatic heterocycles. The third-order valence-electron chi connectivity index (χ3n) is 7.66. The lowest BCUT2D eigenvalue weighted by molar-refractivity contribution is -0.0199. The van der Waals surface area contributed by atoms with Crippen LogP contribution in [0.3, 0.4) is 0 Å². The summed E-state index contributed by atoms with van der Waals surface area (Å²) in [5, 5.41) is 2.79. The highest BCUT2D eigenvalue weighted by atomic mass is 35.5. The Morgan fingerprint density at radius 2 is 1.80 bits per heavy atom. The highest BCUT2D eigenvalue weighted by Gasteiger charge is 2.46. The molecule has 1 fully saturated rings. The molecule has 3 aromatic carbocycles. The number of hydrogen-bond acceptors (Lipinski definition) is 6. The number of amides is 1. The first-order chi connectivity index (χ1) is 19.6. The lowest BCUT2D eigenvalue weighted by Crippen LogP contribution is -2.66. The zero-order chi connectivity index (χ0) is 27.2. The molecule has 0 saturated carbocycles. The molecule has 7 nitrogen and oxygen atoms in total. The van der Waals surface area contributed by atoms with Crippen LogP contribution in [0.4, 0.5) is 0 Å². The van der Waals surface area contributed by atoms with Gasteiger partial charge < -0.3 is 14.4 Å². The van der Waals surface area contributed by atoms with Crippen molar-refractivity contribution in [1.29, 1.82) is 0 Å². The first-order valence-corrected chi connectivity index (χ1v) is 14.6. The Labute approximate surface area is 240 Å². The van der Waals surface area contributed by atoms with Gasteiger partial charge in [0.2, 0.25) is 5.43 Å². The molecule has 7 rings (SSSR count). The molecule has 0 aliphatic carbocycles. The minimum atomic E-state index is -0.413. The van der Waals surface area contributed by atoms with Gasteiger partial charge in [-0.05, 0) is 28.8 Å². The van der Waals surface area contributed by atoms with Gasteiger partial charge >= 0.3 is 0 Å². The van der Waals surface area contributed by atoms with Crippen molar-refractivity contribution in [2.75, 3.05) is 24.8 Å². The molecule has 3 aliphatic rings. The quantitative estimate of drug-likeness (QED) is 0.334. The van der Waals surface area contributed by atoms with Crippen molar-refractivity contribution in [3.05, 3.63) is 128 Å². The Balaban J connectivity index is 1.45. The van der Waals surface area contributed by atoms with Crippen LogP contribution in [0.2, 0.25) is 5.02 Å². The number of thioether (sulfide) groups is 1. The van der Waals surface area contributed by atoms with E-state index in [1.165, 1.54) is 6.07 Å². The maximum atomic E-state index is 14.1. The monoisotopic (exact) mass is 571 g/mol. The predicted octanol–water partition coefficient (Wildman–Crippen LogP) is 5.23. The molecule has 0 radical (unpaired) electrons. The van der Waals surface area contributed by atoms with E-state index in [2.05, 4.69) is 23.2 Å². The third-order valence-corrected chi connectivity index (χ3v) is 9.13. The number of carbonyl (C=O) groups excluding carboxylic acids is 1. The fraction of sp³-hybridized carbons (Fsp3) is 0.226. The number of rotatable bonds is 4. The van der Waals surface area contributed by atoms with E-state index in [9.17, 15) is 9.59 Å². The summed E-state index contributed by atoms with van der Waals surface area (Å²) in [6.07, 6.45) is 1.26. The molecular formula is C31H26ClN3O4S. The van der Waals surface area contributed by atoms with Crippen molar-refractivity contribution in [3.63, 3.8) is 0 Å². The molecule has 0 bridgehead atoms. The second-order valence-corrected chi connectivity index (χ2v) is 11.4. The molecule has 0 spiro atoms. The van der Waals surface area contributed by atoms with Crippen molar-refractivity contribution in [1.82, 2.24) is 9.58 Å². The number of carbonyl (C=O) groups is 1. The number of ether oxygens (including phenoxy) is 2. The Hall–Kier alpha value is -3.72. The topological polar surface area (TPSA) is 64.0 Å². The highest BCUT2D eigenvalue weighted by molar-refractivity contribution is 7.98. The summed E-state index contributed by atoms with van der Waals surface area (Å²) in [7, 11) is 0. The average molecular weight is 572 g/mol. The van der Waals surface area contributed by atoms with E-state index in [0.717, 1.165) is 32.9 Å². The second kappa shape index (κ2) is 10.4. The van der Waals surface area contributed by atoms with Crippen LogP contribution < -0.4 is 15.2 Å². The van der Waals surface area contributed by atoms with E-state index in [4.69, 9.17) is 21.1 Å². The van der Waals surface area contributed by atoms with Crippen LogP contribution in [-0.2, 0) is 17.1 Å². The number of pyridine rings is 1. The van der Waals surface area contributed by atoms with Gasteiger partial charge in [0, 0.05) is 40.0 Å². The molecule has 2 atom stereocenters. The van der Waals surface area contributed by atoms with Gasteiger partial charge in [-0.25, -0.2) is 0 Å². The fourth-order valence-corrected chi connectivity index (χ4v) is 7.21. The van der Waals surface area contributed by atoms with E-state index < -0.39 is 6.17 Å². The van der Waals surface area contributed by atoms with E-state index in [1.54, 1.807) is 27.5 Å². The van der Waals surface area contributed by atoms with Crippen LogP contribution in [0.25, 0.3) is 0 Å². The molecule has 0 unspecified atom stereocenters. The summed E-state index contributed by atoms with van der Waals surface area (Å²) < 4.78 is 13.9. The zero-order valence-corrected chi connectivity index (χ0v) is 23.1. The van der Waals surface area contributed by atoms with Crippen molar-refractivity contribution < 1.29 is 14.3 Å². The Morgan fingerprint density at radius 1 is 0.975 bits per heavy atom. The van der Waals surface area contributed by atoms with Gasteiger partial charge in [-0.15, -0.1) is 11.8 Å². The van der Waals surface area contributed by atoms with E-state index in [-0.39, 0.29) is 35.4 Å². The summed E-state index contributed by atoms with van der Waals surface area (Å²) >= 11 is 8.74. The molecular weight excluding hydrogens is 546 g/mol. The van der Waals surface area contributed by atoms with E-state index in [0.29, 0.717) is 24.8 Å². The Kier molecular flexibility index (Phi) is 6.54. The average Bonchev–Trinajstić information content (AvgIpc) is 3.15. The van der Waals surface area contributed by atoms with Gasteiger partial charge in [-0.1, -0.05) is 72.3 Å². The minimum absolute atomic E-state index is 0.0435. The SMILES string of the molecule is O=C1c2c(OCc3ccccc3)c(=O)ccn2N([C@@H]2c3ccccc3SCc3cccc(Cl)c32)[C@@H]2COCCN12. The summed E-state index contributed by atoms with van der Waals surface area (Å²) in [5.74, 6) is 0.562. The Bertz CT molecular complexity index is 1660. The standard InChI is InChI=1S/C31H26ClN3O4S/c32-23-11-6-9-21-19-40-25-12-5-4-10-22(25)28(27(21)23)35-26-18-38-16-15-33(26)31(37)29-30(24(36)13-14-34(29)35)39-17-20-7-2-1-3-8-20/h1-14,26,28H,15-19H2/t26-,28-/m1/s1. The molecule has 1 saturated heterocycles. The number of halogens is 1. The number of nitrogens with zero attached hydrogens (tertiary/aromatic N) is 3. The molecule has 0 N–H and O–H groups in total. The molecule has 40 heavy (non-hydrogen) atoms. The Morgan fingerprint density at radius 3 is 2.67 bits per heavy atom. The third kappa shape index (κ3) is 4.18. The largest absolute Gasteiger partial charge is 0.482 e. The number of fused-ring (bicyclic) bond motifs is 4. The summed E-state index contributed by atoms with van der Waals surface area (Å²) in [5.41, 5.74) is 3.97. The van der Waals surface area contributed by atoms with Crippen LogP contribution >= 0.6 is 23.4 Å². The normalized spacial score (nSPS) is 19.7. The minimum Gasteiger partial charge on any atom is -0.482 e. The van der Waals surface area contributed by atoms with Crippen LogP contribution in [0, 0.1) is 0 Å². The van der Waals surface area contributed by atoms with Gasteiger partial charge in [-0.2, -0.15) is 0 Å². The van der Waals surface area contributed by atoms with Crippen molar-refractivity contribution in [2.24, 2.45) is 0 Å². The van der Waals surface area contributed by atoms with Crippen molar-refractivity contribution in [2.45, 2.75) is 29.5 Å². The van der Waals surface area contributed by atoms with Gasteiger partial charge in [-0.3, -0.25) is 19.3 Å². The molecule has 1 amide bonds. The lowest BCUT2D eigenvalue weighted by Gasteiger charge is -2.51. The first-order valence-electron chi connectivity index (χ1n) is 13.2. The molecule has 4 heterocycles. The summed E-state index contributed by atoms with van der Waals surface area (Å²) in [4.78, 5) is 30.2. The maximum Gasteiger partial charge on any atom is 0.278 e. The van der Waals surface area contributed by atoms with Crippen LogP contribution in [0.5, 0.6) is 5.75 Å². The van der Waals surface area contributed by atoms with Gasteiger partial charge in [0.1, 0.15) is 18.8 Å². The fourth-order valence-electron chi connectivity index (χ4n) is 5.83.